The number of hydrogen-bond donors (Lipinski definition) is 1. The average Bonchev–Trinajstić information content (AvgIpc) is 2.30. The van der Waals surface area contributed by atoms with E-state index in [0.29, 0.717) is 12.1 Å². The summed E-state index contributed by atoms with van der Waals surface area (Å²) < 4.78 is 0. The van der Waals surface area contributed by atoms with Crippen LogP contribution in [0.25, 0.3) is 5.57 Å². The van der Waals surface area contributed by atoms with Crippen LogP contribution < -0.4 is 5.32 Å². The number of nitro benzene ring substituents is 1. The first-order valence-corrected chi connectivity index (χ1v) is 4.63. The number of hydrogen-bond acceptors (Lipinski definition) is 3. The molecule has 0 unspecified atom stereocenters. The Balaban J connectivity index is 2.47. The number of allylic oxidation sites excluding steroid dienone is 2. The Morgan fingerprint density at radius 3 is 2.80 bits per heavy atom. The third-order valence-corrected chi connectivity index (χ3v) is 2.23. The Morgan fingerprint density at radius 2 is 2.13 bits per heavy atom. The van der Waals surface area contributed by atoms with Crippen LogP contribution in [0.4, 0.5) is 5.69 Å². The van der Waals surface area contributed by atoms with Crippen molar-refractivity contribution in [1.82, 2.24) is 5.32 Å². The molecule has 0 atom stereocenters. The van der Waals surface area contributed by atoms with Gasteiger partial charge in [0.2, 0.25) is 0 Å². The molecule has 1 aromatic rings. The Kier molecular flexibility index (Phi) is 2.49. The normalized spacial score (nSPS) is 14.3. The minimum atomic E-state index is -0.355. The molecule has 1 N–H and O–H groups in total. The Bertz CT molecular complexity index is 450. The summed E-state index contributed by atoms with van der Waals surface area (Å²) in [4.78, 5) is 10.4. The van der Waals surface area contributed by atoms with Gasteiger partial charge in [0.1, 0.15) is 0 Å². The summed E-state index contributed by atoms with van der Waals surface area (Å²) in [7, 11) is 0. The van der Waals surface area contributed by atoms with E-state index in [1.807, 2.05) is 12.2 Å². The highest BCUT2D eigenvalue weighted by atomic mass is 16.6. The van der Waals surface area contributed by atoms with Crippen LogP contribution in [0.3, 0.4) is 0 Å². The van der Waals surface area contributed by atoms with Crippen molar-refractivity contribution in [2.75, 3.05) is 6.54 Å². The maximum Gasteiger partial charge on any atom is 0.277 e. The van der Waals surface area contributed by atoms with E-state index in [-0.39, 0.29) is 10.6 Å². The second-order valence-corrected chi connectivity index (χ2v) is 3.18. The summed E-state index contributed by atoms with van der Waals surface area (Å²) in [5, 5.41) is 13.8. The third kappa shape index (κ3) is 1.88. The highest BCUT2D eigenvalue weighted by Gasteiger charge is 2.14. The van der Waals surface area contributed by atoms with Gasteiger partial charge in [0.05, 0.1) is 10.5 Å². The quantitative estimate of drug-likeness (QED) is 0.590. The van der Waals surface area contributed by atoms with Crippen molar-refractivity contribution in [1.29, 1.82) is 0 Å². The first kappa shape index (κ1) is 9.45. The smallest absolute Gasteiger partial charge is 0.277 e. The molecule has 0 saturated carbocycles. The lowest BCUT2D eigenvalue weighted by atomic mass is 10.0. The summed E-state index contributed by atoms with van der Waals surface area (Å²) in [6, 6.07) is 6.76. The maximum absolute atomic E-state index is 10.8. The van der Waals surface area contributed by atoms with Gasteiger partial charge in [-0.3, -0.25) is 10.1 Å². The number of para-hydroxylation sites is 1. The van der Waals surface area contributed by atoms with E-state index < -0.39 is 0 Å². The van der Waals surface area contributed by atoms with E-state index in [9.17, 15) is 10.1 Å². The van der Waals surface area contributed by atoms with Crippen LogP contribution in [0.1, 0.15) is 5.56 Å². The predicted octanol–water partition coefficient (Wildman–Crippen LogP) is 2.10. The van der Waals surface area contributed by atoms with E-state index in [1.165, 1.54) is 6.07 Å². The molecule has 1 heterocycles. The third-order valence-electron chi connectivity index (χ3n) is 2.23. The van der Waals surface area contributed by atoms with Crippen LogP contribution in [0, 0.1) is 10.1 Å². The molecular formula is C11H10N2O2. The molecule has 0 aliphatic carbocycles. The minimum Gasteiger partial charge on any atom is -0.387 e. The number of nitrogens with zero attached hydrogens (tertiary/aromatic N) is 1. The molecule has 1 aromatic carbocycles. The maximum atomic E-state index is 10.8. The number of nitrogens with one attached hydrogen (secondary N) is 1. The van der Waals surface area contributed by atoms with Crippen molar-refractivity contribution >= 4 is 11.3 Å². The van der Waals surface area contributed by atoms with Crippen LogP contribution in [0.2, 0.25) is 0 Å². The monoisotopic (exact) mass is 202 g/mol. The summed E-state index contributed by atoms with van der Waals surface area (Å²) >= 11 is 0. The molecule has 0 radical (unpaired) electrons. The lowest BCUT2D eigenvalue weighted by molar-refractivity contribution is -0.385. The molecule has 0 aromatic heterocycles. The van der Waals surface area contributed by atoms with Gasteiger partial charge >= 0.3 is 0 Å². The zero-order chi connectivity index (χ0) is 10.7. The van der Waals surface area contributed by atoms with Gasteiger partial charge in [-0.15, -0.1) is 0 Å². The summed E-state index contributed by atoms with van der Waals surface area (Å²) in [5.74, 6) is 0. The van der Waals surface area contributed by atoms with Gasteiger partial charge in [-0.2, -0.15) is 0 Å². The molecule has 0 spiro atoms. The average molecular weight is 202 g/mol. The van der Waals surface area contributed by atoms with Crippen molar-refractivity contribution in [2.24, 2.45) is 0 Å². The zero-order valence-corrected chi connectivity index (χ0v) is 8.01. The molecular weight excluding hydrogens is 192 g/mol. The topological polar surface area (TPSA) is 55.2 Å². The number of benzene rings is 1. The minimum absolute atomic E-state index is 0.148. The van der Waals surface area contributed by atoms with E-state index in [0.717, 1.165) is 5.57 Å². The Hall–Kier alpha value is -2.10. The first-order chi connectivity index (χ1) is 7.29. The summed E-state index contributed by atoms with van der Waals surface area (Å²) in [5.41, 5.74) is 1.71. The van der Waals surface area contributed by atoms with Crippen LogP contribution >= 0.6 is 0 Å². The molecule has 4 heteroatoms. The standard InChI is InChI=1S/C11H10N2O2/c14-13(15)11-4-2-1-3-10(11)9-5-7-12-8-6-9/h1-7,12H,8H2. The number of dihydropyridines is 1. The molecule has 15 heavy (non-hydrogen) atoms. The van der Waals surface area contributed by atoms with Gasteiger partial charge in [-0.05, 0) is 23.9 Å². The molecule has 2 rings (SSSR count). The number of rotatable bonds is 2. The summed E-state index contributed by atoms with van der Waals surface area (Å²) in [6.45, 7) is 0.706. The molecule has 0 fully saturated rings. The van der Waals surface area contributed by atoms with Crippen molar-refractivity contribution in [3.8, 4) is 0 Å². The van der Waals surface area contributed by atoms with Gasteiger partial charge in [0, 0.05) is 12.6 Å². The Morgan fingerprint density at radius 1 is 1.33 bits per heavy atom. The molecule has 76 valence electrons. The van der Waals surface area contributed by atoms with Crippen molar-refractivity contribution in [3.05, 3.63) is 58.3 Å². The molecule has 0 amide bonds. The lowest BCUT2D eigenvalue weighted by Crippen LogP contribution is -2.08. The highest BCUT2D eigenvalue weighted by Crippen LogP contribution is 2.26. The first-order valence-electron chi connectivity index (χ1n) is 4.63. The van der Waals surface area contributed by atoms with Crippen LogP contribution in [0.5, 0.6) is 0 Å². The van der Waals surface area contributed by atoms with Gasteiger partial charge in [-0.25, -0.2) is 0 Å². The second-order valence-electron chi connectivity index (χ2n) is 3.18. The van der Waals surface area contributed by atoms with Crippen LogP contribution in [-0.2, 0) is 0 Å². The lowest BCUT2D eigenvalue weighted by Gasteiger charge is -2.08. The molecule has 1 aliphatic rings. The van der Waals surface area contributed by atoms with E-state index in [2.05, 4.69) is 5.32 Å². The van der Waals surface area contributed by atoms with Gasteiger partial charge < -0.3 is 5.32 Å². The molecule has 0 saturated heterocycles. The van der Waals surface area contributed by atoms with Gasteiger partial charge in [0.15, 0.2) is 0 Å². The Labute approximate surface area is 87.1 Å². The van der Waals surface area contributed by atoms with Crippen LogP contribution in [-0.4, -0.2) is 11.5 Å². The van der Waals surface area contributed by atoms with Gasteiger partial charge in [-0.1, -0.05) is 18.2 Å². The van der Waals surface area contributed by atoms with E-state index in [4.69, 9.17) is 0 Å². The largest absolute Gasteiger partial charge is 0.387 e. The number of nitro groups is 1. The SMILES string of the molecule is O=[N+]([O-])c1ccccc1C1=CCNC=C1. The molecule has 4 nitrogen and oxygen atoms in total. The van der Waals surface area contributed by atoms with Crippen LogP contribution in [0.15, 0.2) is 42.6 Å². The van der Waals surface area contributed by atoms with Crippen molar-refractivity contribution in [2.45, 2.75) is 0 Å². The zero-order valence-electron chi connectivity index (χ0n) is 8.01. The highest BCUT2D eigenvalue weighted by molar-refractivity contribution is 5.80. The second kappa shape index (κ2) is 3.96. The molecule has 0 bridgehead atoms. The predicted molar refractivity (Wildman–Crippen MR) is 58.2 cm³/mol. The fourth-order valence-electron chi connectivity index (χ4n) is 1.53. The van der Waals surface area contributed by atoms with Crippen molar-refractivity contribution < 1.29 is 4.92 Å². The fraction of sp³-hybridized carbons (Fsp3) is 0.0909. The van der Waals surface area contributed by atoms with Gasteiger partial charge in [0.25, 0.3) is 5.69 Å². The van der Waals surface area contributed by atoms with Crippen molar-refractivity contribution in [3.63, 3.8) is 0 Å². The fourth-order valence-corrected chi connectivity index (χ4v) is 1.53. The molecule has 1 aliphatic heterocycles. The summed E-state index contributed by atoms with van der Waals surface area (Å²) in [6.07, 6.45) is 5.57. The van der Waals surface area contributed by atoms with E-state index >= 15 is 0 Å². The van der Waals surface area contributed by atoms with E-state index in [1.54, 1.807) is 24.4 Å².